The quantitative estimate of drug-likeness (QED) is 0.765. The van der Waals surface area contributed by atoms with Gasteiger partial charge in [-0.05, 0) is 43.2 Å². The third-order valence-electron chi connectivity index (χ3n) is 3.83. The van der Waals surface area contributed by atoms with E-state index in [1.165, 1.54) is 19.1 Å². The largest absolute Gasteiger partial charge is 0.481 e. The maximum Gasteiger partial charge on any atom is 0.305 e. The summed E-state index contributed by atoms with van der Waals surface area (Å²) < 4.78 is 18.6. The Bertz CT molecular complexity index is 812. The highest BCUT2D eigenvalue weighted by molar-refractivity contribution is 6.32. The monoisotopic (exact) mass is 379 g/mol. The van der Waals surface area contributed by atoms with Gasteiger partial charge in [0.25, 0.3) is 5.91 Å². The molecule has 0 heterocycles. The molecular weight excluding hydrogens is 361 g/mol. The maximum absolute atomic E-state index is 13.1. The molecule has 2 rings (SSSR count). The van der Waals surface area contributed by atoms with Gasteiger partial charge in [0.2, 0.25) is 0 Å². The molecule has 0 bridgehead atoms. The summed E-state index contributed by atoms with van der Waals surface area (Å²) in [5.74, 6) is -1.88. The lowest BCUT2D eigenvalue weighted by atomic mass is 9.98. The molecule has 2 atom stereocenters. The molecular formula is C19H19ClFNO4. The van der Waals surface area contributed by atoms with E-state index in [1.807, 2.05) is 19.1 Å². The molecule has 0 spiro atoms. The number of hydrogen-bond acceptors (Lipinski definition) is 3. The van der Waals surface area contributed by atoms with Crippen molar-refractivity contribution < 1.29 is 23.8 Å². The molecule has 0 aliphatic carbocycles. The SMILES string of the molecule is Cc1ccccc1C(CC(=O)O)NC(=O)C(C)Oc1ccc(F)cc1Cl. The summed E-state index contributed by atoms with van der Waals surface area (Å²) in [6.45, 7) is 3.35. The number of amides is 1. The van der Waals surface area contributed by atoms with Crippen molar-refractivity contribution in [1.29, 1.82) is 0 Å². The second kappa shape index (κ2) is 8.67. The molecule has 2 N–H and O–H groups in total. The number of aliphatic carboxylic acids is 1. The molecule has 5 nitrogen and oxygen atoms in total. The summed E-state index contributed by atoms with van der Waals surface area (Å²) in [5, 5.41) is 11.9. The van der Waals surface area contributed by atoms with E-state index in [2.05, 4.69) is 5.32 Å². The Labute approximate surface area is 155 Å². The number of halogens is 2. The molecule has 0 aromatic heterocycles. The Morgan fingerprint density at radius 1 is 1.27 bits per heavy atom. The fraction of sp³-hybridized carbons (Fsp3) is 0.263. The first-order valence-corrected chi connectivity index (χ1v) is 8.35. The minimum Gasteiger partial charge on any atom is -0.481 e. The first-order chi connectivity index (χ1) is 12.3. The Morgan fingerprint density at radius 2 is 1.96 bits per heavy atom. The Kier molecular flexibility index (Phi) is 6.58. The summed E-state index contributed by atoms with van der Waals surface area (Å²) in [7, 11) is 0. The van der Waals surface area contributed by atoms with Crippen molar-refractivity contribution in [2.24, 2.45) is 0 Å². The number of hydrogen-bond donors (Lipinski definition) is 2. The van der Waals surface area contributed by atoms with E-state index in [0.29, 0.717) is 0 Å². The van der Waals surface area contributed by atoms with Crippen LogP contribution in [0.4, 0.5) is 4.39 Å². The normalized spacial score (nSPS) is 12.9. The topological polar surface area (TPSA) is 75.6 Å². The molecule has 0 aliphatic heterocycles. The van der Waals surface area contributed by atoms with E-state index in [9.17, 15) is 14.0 Å². The standard InChI is InChI=1S/C19H19ClFNO4/c1-11-5-3-4-6-14(11)16(10-18(23)24)22-19(25)12(2)26-17-8-7-13(21)9-15(17)20/h3-9,12,16H,10H2,1-2H3,(H,22,25)(H,23,24). The van der Waals surface area contributed by atoms with Crippen LogP contribution in [-0.2, 0) is 9.59 Å². The Balaban J connectivity index is 2.13. The summed E-state index contributed by atoms with van der Waals surface area (Å²) in [4.78, 5) is 23.6. The lowest BCUT2D eigenvalue weighted by molar-refractivity contribution is -0.138. The van der Waals surface area contributed by atoms with Gasteiger partial charge in [0, 0.05) is 0 Å². The zero-order chi connectivity index (χ0) is 19.3. The molecule has 2 aromatic carbocycles. The minimum atomic E-state index is -1.03. The van der Waals surface area contributed by atoms with Gasteiger partial charge in [-0.1, -0.05) is 35.9 Å². The van der Waals surface area contributed by atoms with Gasteiger partial charge in [0.15, 0.2) is 6.10 Å². The van der Waals surface area contributed by atoms with Crippen molar-refractivity contribution in [3.63, 3.8) is 0 Å². The molecule has 26 heavy (non-hydrogen) atoms. The van der Waals surface area contributed by atoms with Crippen LogP contribution in [0.15, 0.2) is 42.5 Å². The number of carbonyl (C=O) groups excluding carboxylic acids is 1. The number of benzene rings is 2. The average Bonchev–Trinajstić information content (AvgIpc) is 2.56. The smallest absolute Gasteiger partial charge is 0.305 e. The molecule has 0 aliphatic rings. The van der Waals surface area contributed by atoms with Gasteiger partial charge in [-0.3, -0.25) is 9.59 Å². The van der Waals surface area contributed by atoms with Crippen LogP contribution in [0.3, 0.4) is 0 Å². The molecule has 2 unspecified atom stereocenters. The van der Waals surface area contributed by atoms with E-state index < -0.39 is 29.8 Å². The van der Waals surface area contributed by atoms with E-state index >= 15 is 0 Å². The third-order valence-corrected chi connectivity index (χ3v) is 4.12. The van der Waals surface area contributed by atoms with Crippen LogP contribution in [0.2, 0.25) is 5.02 Å². The van der Waals surface area contributed by atoms with Gasteiger partial charge in [0.05, 0.1) is 17.5 Å². The van der Waals surface area contributed by atoms with Crippen molar-refractivity contribution in [2.75, 3.05) is 0 Å². The lowest BCUT2D eigenvalue weighted by Crippen LogP contribution is -2.39. The summed E-state index contributed by atoms with van der Waals surface area (Å²) in [5.41, 5.74) is 1.59. The second-order valence-corrected chi connectivity index (χ2v) is 6.26. The van der Waals surface area contributed by atoms with Crippen LogP contribution in [0.5, 0.6) is 5.75 Å². The summed E-state index contributed by atoms with van der Waals surface area (Å²) >= 11 is 5.90. The fourth-order valence-electron chi connectivity index (χ4n) is 2.49. The van der Waals surface area contributed by atoms with E-state index in [4.69, 9.17) is 21.4 Å². The summed E-state index contributed by atoms with van der Waals surface area (Å²) in [6.07, 6.45) is -1.21. The van der Waals surface area contributed by atoms with Crippen molar-refractivity contribution >= 4 is 23.5 Å². The number of nitrogens with one attached hydrogen (secondary N) is 1. The Morgan fingerprint density at radius 3 is 2.58 bits per heavy atom. The van der Waals surface area contributed by atoms with Gasteiger partial charge >= 0.3 is 5.97 Å². The third kappa shape index (κ3) is 5.20. The highest BCUT2D eigenvalue weighted by atomic mass is 35.5. The molecule has 7 heteroatoms. The van der Waals surface area contributed by atoms with Crippen molar-refractivity contribution in [1.82, 2.24) is 5.32 Å². The molecule has 0 saturated carbocycles. The van der Waals surface area contributed by atoms with Gasteiger partial charge in [-0.25, -0.2) is 4.39 Å². The van der Waals surface area contributed by atoms with Crippen molar-refractivity contribution in [3.05, 3.63) is 64.4 Å². The van der Waals surface area contributed by atoms with Crippen molar-refractivity contribution in [3.8, 4) is 5.75 Å². The zero-order valence-corrected chi connectivity index (χ0v) is 15.1. The molecule has 0 radical (unpaired) electrons. The average molecular weight is 380 g/mol. The van der Waals surface area contributed by atoms with Crippen LogP contribution >= 0.6 is 11.6 Å². The van der Waals surface area contributed by atoms with Crippen LogP contribution in [0.25, 0.3) is 0 Å². The molecule has 138 valence electrons. The van der Waals surface area contributed by atoms with E-state index in [1.54, 1.807) is 12.1 Å². The zero-order valence-electron chi connectivity index (χ0n) is 14.3. The Hall–Kier alpha value is -2.60. The highest BCUT2D eigenvalue weighted by Gasteiger charge is 2.24. The van der Waals surface area contributed by atoms with Gasteiger partial charge in [-0.15, -0.1) is 0 Å². The number of rotatable bonds is 7. The first kappa shape index (κ1) is 19.7. The van der Waals surface area contributed by atoms with E-state index in [0.717, 1.165) is 17.2 Å². The minimum absolute atomic E-state index is 0.0469. The van der Waals surface area contributed by atoms with E-state index in [-0.39, 0.29) is 17.2 Å². The summed E-state index contributed by atoms with van der Waals surface area (Å²) in [6, 6.07) is 10.1. The van der Waals surface area contributed by atoms with Gasteiger partial charge < -0.3 is 15.2 Å². The van der Waals surface area contributed by atoms with Gasteiger partial charge in [0.1, 0.15) is 11.6 Å². The number of carboxylic acids is 1. The molecule has 2 aromatic rings. The number of ether oxygens (including phenoxy) is 1. The second-order valence-electron chi connectivity index (χ2n) is 5.85. The van der Waals surface area contributed by atoms with Crippen LogP contribution in [0, 0.1) is 12.7 Å². The number of aryl methyl sites for hydroxylation is 1. The van der Waals surface area contributed by atoms with Gasteiger partial charge in [-0.2, -0.15) is 0 Å². The maximum atomic E-state index is 13.1. The van der Waals surface area contributed by atoms with Crippen LogP contribution in [-0.4, -0.2) is 23.1 Å². The van der Waals surface area contributed by atoms with Crippen molar-refractivity contribution in [2.45, 2.75) is 32.4 Å². The lowest BCUT2D eigenvalue weighted by Gasteiger charge is -2.22. The molecule has 0 fully saturated rings. The first-order valence-electron chi connectivity index (χ1n) is 7.97. The predicted molar refractivity (Wildman–Crippen MR) is 95.8 cm³/mol. The fourth-order valence-corrected chi connectivity index (χ4v) is 2.71. The van der Waals surface area contributed by atoms with Crippen LogP contribution < -0.4 is 10.1 Å². The van der Waals surface area contributed by atoms with Crippen LogP contribution in [0.1, 0.15) is 30.5 Å². The number of carboxylic acid groups (broad SMARTS) is 1. The molecule has 0 saturated heterocycles. The molecule has 1 amide bonds. The number of carbonyl (C=O) groups is 2. The predicted octanol–water partition coefficient (Wildman–Crippen LogP) is 3.89. The highest BCUT2D eigenvalue weighted by Crippen LogP contribution is 2.26.